The van der Waals surface area contributed by atoms with Gasteiger partial charge in [0, 0.05) is 3.42 Å². The molecule has 0 aliphatic rings. The summed E-state index contributed by atoms with van der Waals surface area (Å²) in [5.74, 6) is 0. The average Bonchev–Trinajstić information content (AvgIpc) is 1.84. The lowest BCUT2D eigenvalue weighted by molar-refractivity contribution is 0.630. The van der Waals surface area contributed by atoms with Gasteiger partial charge in [0.2, 0.25) is 0 Å². The van der Waals surface area contributed by atoms with Crippen LogP contribution in [0.3, 0.4) is 0 Å². The van der Waals surface area contributed by atoms with Gasteiger partial charge in [0.05, 0.1) is 0 Å². The standard InChI is InChI=1S/C8H16I/c1-4-6-7-8(3,9)5-2/h6H,4-5,7H2,1-3H3. The Kier molecular flexibility index (Phi) is 4.90. The Bertz CT molecular complexity index is 67.0. The molecular weight excluding hydrogens is 223 g/mol. The summed E-state index contributed by atoms with van der Waals surface area (Å²) in [4.78, 5) is 0. The Balaban J connectivity index is 3.33. The highest BCUT2D eigenvalue weighted by molar-refractivity contribution is 14.1. The van der Waals surface area contributed by atoms with Crippen LogP contribution in [0.15, 0.2) is 0 Å². The molecule has 0 heterocycles. The van der Waals surface area contributed by atoms with E-state index in [9.17, 15) is 0 Å². The lowest BCUT2D eigenvalue weighted by Crippen LogP contribution is -2.12. The molecule has 1 unspecified atom stereocenters. The monoisotopic (exact) mass is 239 g/mol. The molecule has 9 heavy (non-hydrogen) atoms. The maximum absolute atomic E-state index is 2.53. The molecule has 0 aliphatic heterocycles. The predicted molar refractivity (Wildman–Crippen MR) is 51.9 cm³/mol. The van der Waals surface area contributed by atoms with E-state index in [1.807, 2.05) is 0 Å². The number of halogens is 1. The molecule has 0 aromatic heterocycles. The third kappa shape index (κ3) is 5.19. The number of hydrogen-bond acceptors (Lipinski definition) is 0. The zero-order valence-electron chi connectivity index (χ0n) is 6.58. The van der Waals surface area contributed by atoms with Gasteiger partial charge < -0.3 is 0 Å². The Morgan fingerprint density at radius 3 is 2.33 bits per heavy atom. The summed E-state index contributed by atoms with van der Waals surface area (Å²) in [5, 5.41) is 0. The summed E-state index contributed by atoms with van der Waals surface area (Å²) >= 11 is 2.53. The van der Waals surface area contributed by atoms with E-state index in [2.05, 4.69) is 49.8 Å². The van der Waals surface area contributed by atoms with Crippen molar-refractivity contribution in [3.63, 3.8) is 0 Å². The average molecular weight is 239 g/mol. The maximum Gasteiger partial charge on any atom is 0.0194 e. The minimum atomic E-state index is 0.508. The van der Waals surface area contributed by atoms with Gasteiger partial charge in [-0.25, -0.2) is 0 Å². The summed E-state index contributed by atoms with van der Waals surface area (Å²) in [7, 11) is 0. The molecule has 0 saturated heterocycles. The van der Waals surface area contributed by atoms with Crippen LogP contribution in [0.5, 0.6) is 0 Å². The molecule has 0 spiro atoms. The van der Waals surface area contributed by atoms with Crippen molar-refractivity contribution in [1.82, 2.24) is 0 Å². The van der Waals surface area contributed by atoms with Crippen LogP contribution in [0.1, 0.15) is 40.0 Å². The van der Waals surface area contributed by atoms with Crippen molar-refractivity contribution in [2.75, 3.05) is 0 Å². The summed E-state index contributed by atoms with van der Waals surface area (Å²) in [5.41, 5.74) is 0. The van der Waals surface area contributed by atoms with Gasteiger partial charge >= 0.3 is 0 Å². The predicted octanol–water partition coefficient (Wildman–Crippen LogP) is 3.59. The van der Waals surface area contributed by atoms with Crippen molar-refractivity contribution in [3.8, 4) is 0 Å². The topological polar surface area (TPSA) is 0 Å². The van der Waals surface area contributed by atoms with Crippen LogP contribution in [0.2, 0.25) is 0 Å². The Hall–Kier alpha value is 0.730. The molecule has 0 aromatic carbocycles. The molecule has 0 aliphatic carbocycles. The van der Waals surface area contributed by atoms with E-state index in [-0.39, 0.29) is 0 Å². The van der Waals surface area contributed by atoms with Crippen LogP contribution in [0.4, 0.5) is 0 Å². The zero-order chi connectivity index (χ0) is 7.33. The van der Waals surface area contributed by atoms with Gasteiger partial charge in [-0.1, -0.05) is 49.8 Å². The maximum atomic E-state index is 2.53. The van der Waals surface area contributed by atoms with E-state index in [0.29, 0.717) is 3.42 Å². The van der Waals surface area contributed by atoms with Gasteiger partial charge in [0.25, 0.3) is 0 Å². The largest absolute Gasteiger partial charge is 0.0792 e. The first-order chi connectivity index (χ1) is 4.12. The first-order valence-electron chi connectivity index (χ1n) is 3.63. The second kappa shape index (κ2) is 4.53. The molecular formula is C8H16I. The summed E-state index contributed by atoms with van der Waals surface area (Å²) in [6.45, 7) is 6.75. The SMILES string of the molecule is CC[CH]CC(C)(I)CC. The van der Waals surface area contributed by atoms with Gasteiger partial charge in [0.15, 0.2) is 0 Å². The summed E-state index contributed by atoms with van der Waals surface area (Å²) < 4.78 is 0.508. The molecule has 1 radical (unpaired) electrons. The lowest BCUT2D eigenvalue weighted by atomic mass is 10.0. The van der Waals surface area contributed by atoms with Gasteiger partial charge in [-0.15, -0.1) is 0 Å². The molecule has 0 bridgehead atoms. The van der Waals surface area contributed by atoms with Crippen molar-refractivity contribution in [3.05, 3.63) is 6.42 Å². The van der Waals surface area contributed by atoms with Crippen LogP contribution in [0.25, 0.3) is 0 Å². The van der Waals surface area contributed by atoms with Crippen LogP contribution in [0, 0.1) is 6.42 Å². The third-order valence-corrected chi connectivity index (χ3v) is 2.80. The van der Waals surface area contributed by atoms with E-state index in [4.69, 9.17) is 0 Å². The number of unbranched alkanes of at least 4 members (excludes halogenated alkanes) is 1. The first kappa shape index (κ1) is 9.73. The molecule has 1 heteroatoms. The van der Waals surface area contributed by atoms with Crippen molar-refractivity contribution in [2.45, 2.75) is 43.5 Å². The second-order valence-corrected chi connectivity index (χ2v) is 5.27. The Morgan fingerprint density at radius 1 is 1.44 bits per heavy atom. The molecule has 0 rings (SSSR count). The third-order valence-electron chi connectivity index (χ3n) is 1.60. The van der Waals surface area contributed by atoms with Gasteiger partial charge in [-0.3, -0.25) is 0 Å². The van der Waals surface area contributed by atoms with E-state index in [1.165, 1.54) is 19.3 Å². The van der Waals surface area contributed by atoms with E-state index >= 15 is 0 Å². The van der Waals surface area contributed by atoms with Crippen molar-refractivity contribution < 1.29 is 0 Å². The molecule has 1 atom stereocenters. The molecule has 55 valence electrons. The molecule has 0 nitrogen and oxygen atoms in total. The Morgan fingerprint density at radius 2 is 2.00 bits per heavy atom. The summed E-state index contributed by atoms with van der Waals surface area (Å²) in [6.07, 6.45) is 6.08. The minimum Gasteiger partial charge on any atom is -0.0792 e. The zero-order valence-corrected chi connectivity index (χ0v) is 8.73. The molecule has 0 aromatic rings. The molecule has 0 amide bonds. The smallest absolute Gasteiger partial charge is 0.0194 e. The number of alkyl halides is 1. The number of rotatable bonds is 4. The van der Waals surface area contributed by atoms with Gasteiger partial charge in [-0.2, -0.15) is 0 Å². The normalized spacial score (nSPS) is 17.3. The quantitative estimate of drug-likeness (QED) is 0.519. The van der Waals surface area contributed by atoms with E-state index in [0.717, 1.165) is 0 Å². The summed E-state index contributed by atoms with van der Waals surface area (Å²) in [6, 6.07) is 0. The fraction of sp³-hybridized carbons (Fsp3) is 0.875. The van der Waals surface area contributed by atoms with Crippen LogP contribution in [-0.2, 0) is 0 Å². The fourth-order valence-corrected chi connectivity index (χ4v) is 0.901. The molecule has 0 fully saturated rings. The van der Waals surface area contributed by atoms with Crippen LogP contribution in [-0.4, -0.2) is 3.42 Å². The van der Waals surface area contributed by atoms with Crippen LogP contribution < -0.4 is 0 Å². The van der Waals surface area contributed by atoms with Gasteiger partial charge in [0.1, 0.15) is 0 Å². The minimum absolute atomic E-state index is 0.508. The highest BCUT2D eigenvalue weighted by Crippen LogP contribution is 2.27. The van der Waals surface area contributed by atoms with E-state index in [1.54, 1.807) is 0 Å². The van der Waals surface area contributed by atoms with Crippen molar-refractivity contribution in [2.24, 2.45) is 0 Å². The first-order valence-corrected chi connectivity index (χ1v) is 4.71. The lowest BCUT2D eigenvalue weighted by Gasteiger charge is -2.18. The van der Waals surface area contributed by atoms with Gasteiger partial charge in [-0.05, 0) is 19.3 Å². The number of hydrogen-bond donors (Lipinski definition) is 0. The highest BCUT2D eigenvalue weighted by Gasteiger charge is 2.15. The highest BCUT2D eigenvalue weighted by atomic mass is 127. The Labute approximate surface area is 72.6 Å². The van der Waals surface area contributed by atoms with Crippen LogP contribution >= 0.6 is 22.6 Å². The molecule has 0 saturated carbocycles. The molecule has 0 N–H and O–H groups in total. The fourth-order valence-electron chi connectivity index (χ4n) is 0.590. The van der Waals surface area contributed by atoms with E-state index < -0.39 is 0 Å². The second-order valence-electron chi connectivity index (χ2n) is 2.67. The van der Waals surface area contributed by atoms with Crippen molar-refractivity contribution in [1.29, 1.82) is 0 Å². The van der Waals surface area contributed by atoms with Crippen molar-refractivity contribution >= 4 is 22.6 Å².